The van der Waals surface area contributed by atoms with E-state index in [-0.39, 0.29) is 0 Å². The second kappa shape index (κ2) is 7.45. The highest BCUT2D eigenvalue weighted by molar-refractivity contribution is 5.24. The summed E-state index contributed by atoms with van der Waals surface area (Å²) in [5, 5.41) is 0. The van der Waals surface area contributed by atoms with Gasteiger partial charge in [-0.2, -0.15) is 0 Å². The standard InChI is InChI=1S/C15H24O/c1-4-8-14(13(2)3)9-7-12-16-15-10-5-6-11-15/h4,7-9,13,15H,1,5-6,10-12H2,2-3H3/b9-7-,14-8+. The van der Waals surface area contributed by atoms with Crippen molar-refractivity contribution < 1.29 is 4.74 Å². The maximum Gasteiger partial charge on any atom is 0.0654 e. The van der Waals surface area contributed by atoms with Crippen LogP contribution in [0.3, 0.4) is 0 Å². The maximum atomic E-state index is 5.77. The van der Waals surface area contributed by atoms with Crippen molar-refractivity contribution >= 4 is 0 Å². The van der Waals surface area contributed by atoms with E-state index in [0.29, 0.717) is 12.0 Å². The summed E-state index contributed by atoms with van der Waals surface area (Å²) >= 11 is 0. The van der Waals surface area contributed by atoms with Crippen molar-refractivity contribution in [3.63, 3.8) is 0 Å². The minimum atomic E-state index is 0.510. The minimum absolute atomic E-state index is 0.510. The molecule has 0 atom stereocenters. The molecule has 1 nitrogen and oxygen atoms in total. The van der Waals surface area contributed by atoms with Gasteiger partial charge < -0.3 is 4.74 Å². The predicted octanol–water partition coefficient (Wildman–Crippen LogP) is 4.27. The Morgan fingerprint density at radius 3 is 2.62 bits per heavy atom. The van der Waals surface area contributed by atoms with Gasteiger partial charge in [-0.05, 0) is 24.3 Å². The van der Waals surface area contributed by atoms with Crippen LogP contribution in [0.1, 0.15) is 39.5 Å². The van der Waals surface area contributed by atoms with Gasteiger partial charge in [0.25, 0.3) is 0 Å². The van der Waals surface area contributed by atoms with E-state index in [9.17, 15) is 0 Å². The topological polar surface area (TPSA) is 9.23 Å². The van der Waals surface area contributed by atoms with Crippen molar-refractivity contribution in [1.82, 2.24) is 0 Å². The molecule has 1 aliphatic carbocycles. The number of ether oxygens (including phenoxy) is 1. The first kappa shape index (κ1) is 13.2. The summed E-state index contributed by atoms with van der Waals surface area (Å²) < 4.78 is 5.77. The molecule has 0 saturated heterocycles. The van der Waals surface area contributed by atoms with Crippen molar-refractivity contribution in [3.05, 3.63) is 36.5 Å². The Balaban J connectivity index is 2.28. The second-order valence-corrected chi connectivity index (χ2v) is 4.70. The molecule has 1 aliphatic rings. The molecule has 1 rings (SSSR count). The Morgan fingerprint density at radius 1 is 1.38 bits per heavy atom. The van der Waals surface area contributed by atoms with Gasteiger partial charge in [0.05, 0.1) is 12.7 Å². The molecular formula is C15H24O. The average Bonchev–Trinajstić information content (AvgIpc) is 2.75. The zero-order valence-electron chi connectivity index (χ0n) is 10.6. The van der Waals surface area contributed by atoms with Crippen LogP contribution in [0.5, 0.6) is 0 Å². The first-order valence-electron chi connectivity index (χ1n) is 6.34. The van der Waals surface area contributed by atoms with Crippen molar-refractivity contribution in [1.29, 1.82) is 0 Å². The van der Waals surface area contributed by atoms with Crippen LogP contribution in [0.4, 0.5) is 0 Å². The fourth-order valence-corrected chi connectivity index (χ4v) is 2.01. The lowest BCUT2D eigenvalue weighted by Gasteiger charge is -2.09. The molecule has 0 aliphatic heterocycles. The van der Waals surface area contributed by atoms with E-state index >= 15 is 0 Å². The summed E-state index contributed by atoms with van der Waals surface area (Å²) in [5.74, 6) is 0.542. The van der Waals surface area contributed by atoms with Crippen LogP contribution in [-0.2, 0) is 4.74 Å². The second-order valence-electron chi connectivity index (χ2n) is 4.70. The molecule has 0 amide bonds. The largest absolute Gasteiger partial charge is 0.374 e. The lowest BCUT2D eigenvalue weighted by Crippen LogP contribution is -2.07. The number of hydrogen-bond acceptors (Lipinski definition) is 1. The summed E-state index contributed by atoms with van der Waals surface area (Å²) in [6.45, 7) is 8.86. The predicted molar refractivity (Wildman–Crippen MR) is 70.5 cm³/mol. The van der Waals surface area contributed by atoms with Crippen LogP contribution in [0.15, 0.2) is 36.5 Å². The fourth-order valence-electron chi connectivity index (χ4n) is 2.01. The van der Waals surface area contributed by atoms with E-state index in [4.69, 9.17) is 4.74 Å². The number of allylic oxidation sites excluding steroid dienone is 4. The van der Waals surface area contributed by atoms with E-state index in [1.807, 2.05) is 6.08 Å². The normalized spacial score (nSPS) is 18.8. The van der Waals surface area contributed by atoms with Crippen LogP contribution in [-0.4, -0.2) is 12.7 Å². The van der Waals surface area contributed by atoms with Crippen molar-refractivity contribution in [2.45, 2.75) is 45.6 Å². The molecule has 0 aromatic carbocycles. The van der Waals surface area contributed by atoms with Gasteiger partial charge in [-0.15, -0.1) is 0 Å². The van der Waals surface area contributed by atoms with Crippen LogP contribution < -0.4 is 0 Å². The molecule has 90 valence electrons. The van der Waals surface area contributed by atoms with Crippen molar-refractivity contribution in [3.8, 4) is 0 Å². The van der Waals surface area contributed by atoms with Gasteiger partial charge in [0.2, 0.25) is 0 Å². The molecule has 1 heteroatoms. The Bertz CT molecular complexity index is 255. The molecule has 0 aromatic heterocycles. The van der Waals surface area contributed by atoms with E-state index in [0.717, 1.165) is 6.61 Å². The third-order valence-corrected chi connectivity index (χ3v) is 3.02. The molecule has 16 heavy (non-hydrogen) atoms. The van der Waals surface area contributed by atoms with Crippen molar-refractivity contribution in [2.24, 2.45) is 5.92 Å². The van der Waals surface area contributed by atoms with Crippen molar-refractivity contribution in [2.75, 3.05) is 6.61 Å². The SMILES string of the molecule is C=C/C=C(\C=C/COC1CCCC1)C(C)C. The smallest absolute Gasteiger partial charge is 0.0654 e. The van der Waals surface area contributed by atoms with Crippen LogP contribution in [0.2, 0.25) is 0 Å². The van der Waals surface area contributed by atoms with E-state index < -0.39 is 0 Å². The Hall–Kier alpha value is -0.820. The first-order chi connectivity index (χ1) is 7.74. The third kappa shape index (κ3) is 4.80. The summed E-state index contributed by atoms with van der Waals surface area (Å²) in [6.07, 6.45) is 13.9. The third-order valence-electron chi connectivity index (χ3n) is 3.02. The zero-order valence-corrected chi connectivity index (χ0v) is 10.6. The highest BCUT2D eigenvalue weighted by Crippen LogP contribution is 2.20. The quantitative estimate of drug-likeness (QED) is 0.607. The summed E-state index contributed by atoms with van der Waals surface area (Å²) in [4.78, 5) is 0. The van der Waals surface area contributed by atoms with Gasteiger partial charge in [0.1, 0.15) is 0 Å². The van der Waals surface area contributed by atoms with Crippen LogP contribution in [0, 0.1) is 5.92 Å². The van der Waals surface area contributed by atoms with Gasteiger partial charge in [0.15, 0.2) is 0 Å². The molecule has 1 fully saturated rings. The molecule has 0 N–H and O–H groups in total. The number of hydrogen-bond donors (Lipinski definition) is 0. The molecule has 0 aromatic rings. The minimum Gasteiger partial charge on any atom is -0.374 e. The molecule has 0 radical (unpaired) electrons. The Kier molecular flexibility index (Phi) is 6.17. The van der Waals surface area contributed by atoms with Gasteiger partial charge in [-0.25, -0.2) is 0 Å². The maximum absolute atomic E-state index is 5.77. The van der Waals surface area contributed by atoms with Gasteiger partial charge >= 0.3 is 0 Å². The highest BCUT2D eigenvalue weighted by atomic mass is 16.5. The molecular weight excluding hydrogens is 196 g/mol. The van der Waals surface area contributed by atoms with Crippen LogP contribution in [0.25, 0.3) is 0 Å². The molecule has 0 bridgehead atoms. The molecule has 0 heterocycles. The first-order valence-corrected chi connectivity index (χ1v) is 6.34. The summed E-state index contributed by atoms with van der Waals surface area (Å²) in [7, 11) is 0. The van der Waals surface area contributed by atoms with E-state index in [1.165, 1.54) is 31.3 Å². The van der Waals surface area contributed by atoms with E-state index in [1.54, 1.807) is 0 Å². The molecule has 0 spiro atoms. The van der Waals surface area contributed by atoms with Gasteiger partial charge in [-0.1, -0.05) is 57.6 Å². The van der Waals surface area contributed by atoms with E-state index in [2.05, 4.69) is 38.7 Å². The van der Waals surface area contributed by atoms with Gasteiger partial charge in [-0.3, -0.25) is 0 Å². The lowest BCUT2D eigenvalue weighted by atomic mass is 10.0. The lowest BCUT2D eigenvalue weighted by molar-refractivity contribution is 0.0800. The Labute approximate surface area is 99.9 Å². The Morgan fingerprint density at radius 2 is 2.06 bits per heavy atom. The molecule has 0 unspecified atom stereocenters. The van der Waals surface area contributed by atoms with Gasteiger partial charge in [0, 0.05) is 0 Å². The molecule has 1 saturated carbocycles. The fraction of sp³-hybridized carbons (Fsp3) is 0.600. The average molecular weight is 220 g/mol. The monoisotopic (exact) mass is 220 g/mol. The summed E-state index contributed by atoms with van der Waals surface area (Å²) in [6, 6.07) is 0. The summed E-state index contributed by atoms with van der Waals surface area (Å²) in [5.41, 5.74) is 1.31. The highest BCUT2D eigenvalue weighted by Gasteiger charge is 2.13. The zero-order chi connectivity index (χ0) is 11.8. The van der Waals surface area contributed by atoms with Crippen LogP contribution >= 0.6 is 0 Å². The number of rotatable bonds is 6.